The van der Waals surface area contributed by atoms with Crippen LogP contribution in [0, 0.1) is 5.82 Å². The number of ketones is 1. The van der Waals surface area contributed by atoms with Gasteiger partial charge >= 0.3 is 0 Å². The number of rotatable bonds is 7. The summed E-state index contributed by atoms with van der Waals surface area (Å²) in [4.78, 5) is 29.1. The zero-order chi connectivity index (χ0) is 24.6. The van der Waals surface area contributed by atoms with Gasteiger partial charge in [0.15, 0.2) is 5.78 Å². The third kappa shape index (κ3) is 4.08. The van der Waals surface area contributed by atoms with Gasteiger partial charge in [0.1, 0.15) is 24.5 Å². The molecular formula is C27H27FN6O2. The van der Waals surface area contributed by atoms with Gasteiger partial charge in [0.25, 0.3) is 0 Å². The summed E-state index contributed by atoms with van der Waals surface area (Å²) in [5, 5.41) is 13.8. The van der Waals surface area contributed by atoms with Gasteiger partial charge in [-0.25, -0.2) is 14.1 Å². The van der Waals surface area contributed by atoms with Gasteiger partial charge in [-0.05, 0) is 43.1 Å². The zero-order valence-electron chi connectivity index (χ0n) is 19.8. The molecular weight excluding hydrogens is 459 g/mol. The minimum atomic E-state index is -0.494. The van der Waals surface area contributed by atoms with Gasteiger partial charge in [-0.3, -0.25) is 19.7 Å². The van der Waals surface area contributed by atoms with Crippen LogP contribution in [0.15, 0.2) is 52.7 Å². The number of halogens is 1. The van der Waals surface area contributed by atoms with Crippen molar-refractivity contribution < 1.29 is 14.3 Å². The highest BCUT2D eigenvalue weighted by Crippen LogP contribution is 2.42. The Morgan fingerprint density at radius 3 is 2.72 bits per heavy atom. The summed E-state index contributed by atoms with van der Waals surface area (Å²) in [6.45, 7) is 3.69. The second-order valence-corrected chi connectivity index (χ2v) is 9.54. The van der Waals surface area contributed by atoms with E-state index >= 15 is 0 Å². The topological polar surface area (TPSA) is 96.0 Å². The maximum atomic E-state index is 14.5. The number of aryl methyl sites for hydroxylation is 1. The number of aliphatic hydroxyl groups excluding tert-OH is 1. The van der Waals surface area contributed by atoms with E-state index < -0.39 is 5.82 Å². The Labute approximate surface area is 208 Å². The molecule has 4 heterocycles. The van der Waals surface area contributed by atoms with Crippen LogP contribution in [0.2, 0.25) is 0 Å². The molecule has 36 heavy (non-hydrogen) atoms. The van der Waals surface area contributed by atoms with E-state index in [1.165, 1.54) is 30.4 Å². The van der Waals surface area contributed by atoms with Crippen molar-refractivity contribution in [2.24, 2.45) is 9.98 Å². The summed E-state index contributed by atoms with van der Waals surface area (Å²) >= 11 is 0. The Morgan fingerprint density at radius 1 is 1.14 bits per heavy atom. The van der Waals surface area contributed by atoms with E-state index in [0.29, 0.717) is 41.3 Å². The number of hydrogen-bond donors (Lipinski definition) is 1. The second-order valence-electron chi connectivity index (χ2n) is 9.54. The SMILES string of the molecule is O=C1CN=C2c3c(cc(F)cc31)N=CC(c1ccc(CN3CCC3)cc1)C2c1ncnn1CCCO. The van der Waals surface area contributed by atoms with Crippen molar-refractivity contribution in [2.45, 2.75) is 37.8 Å². The quantitative estimate of drug-likeness (QED) is 0.553. The van der Waals surface area contributed by atoms with E-state index in [2.05, 4.69) is 44.2 Å². The number of Topliss-reactive ketones (excluding diaryl/α,β-unsaturated/α-hetero) is 1. The minimum Gasteiger partial charge on any atom is -0.396 e. The number of aromatic nitrogens is 3. The lowest BCUT2D eigenvalue weighted by Crippen LogP contribution is -2.36. The van der Waals surface area contributed by atoms with Gasteiger partial charge in [0, 0.05) is 49.0 Å². The van der Waals surface area contributed by atoms with Crippen LogP contribution in [0.5, 0.6) is 0 Å². The van der Waals surface area contributed by atoms with Crippen LogP contribution < -0.4 is 0 Å². The summed E-state index contributed by atoms with van der Waals surface area (Å²) in [5.41, 5.74) is 4.24. The molecule has 0 aliphatic carbocycles. The van der Waals surface area contributed by atoms with Crippen LogP contribution >= 0.6 is 0 Å². The molecule has 3 aromatic rings. The first-order valence-electron chi connectivity index (χ1n) is 12.4. The summed E-state index contributed by atoms with van der Waals surface area (Å²) in [6.07, 6.45) is 5.11. The van der Waals surface area contributed by atoms with Crippen LogP contribution in [0.4, 0.5) is 10.1 Å². The van der Waals surface area contributed by atoms with Crippen LogP contribution in [-0.4, -0.2) is 68.7 Å². The van der Waals surface area contributed by atoms with Crippen LogP contribution in [0.3, 0.4) is 0 Å². The Hall–Kier alpha value is -3.56. The second kappa shape index (κ2) is 9.48. The number of aliphatic hydroxyl groups is 1. The van der Waals surface area contributed by atoms with E-state index in [4.69, 9.17) is 4.99 Å². The number of benzene rings is 2. The Bertz CT molecular complexity index is 1360. The van der Waals surface area contributed by atoms with Crippen molar-refractivity contribution in [3.05, 3.63) is 76.6 Å². The molecule has 3 aliphatic rings. The lowest BCUT2D eigenvalue weighted by atomic mass is 9.78. The van der Waals surface area contributed by atoms with Crippen molar-refractivity contribution in [3.63, 3.8) is 0 Å². The minimum absolute atomic E-state index is 0.0367. The maximum Gasteiger partial charge on any atom is 0.185 e. The van der Waals surface area contributed by atoms with Gasteiger partial charge < -0.3 is 5.11 Å². The van der Waals surface area contributed by atoms with Crippen molar-refractivity contribution in [2.75, 3.05) is 26.2 Å². The number of nitrogens with zero attached hydrogens (tertiary/aromatic N) is 6. The van der Waals surface area contributed by atoms with Gasteiger partial charge in [0.05, 0.1) is 17.3 Å². The van der Waals surface area contributed by atoms with Crippen LogP contribution in [0.25, 0.3) is 0 Å². The lowest BCUT2D eigenvalue weighted by Gasteiger charge is -2.31. The largest absolute Gasteiger partial charge is 0.396 e. The molecule has 2 aromatic carbocycles. The highest BCUT2D eigenvalue weighted by atomic mass is 19.1. The Morgan fingerprint density at radius 2 is 1.97 bits per heavy atom. The van der Waals surface area contributed by atoms with E-state index in [9.17, 15) is 14.3 Å². The molecule has 0 amide bonds. The standard InChI is InChI=1S/C27H27FN6O2/c28-19-11-20-23(36)14-30-26-24(20)22(12-19)29-13-21(25(26)27-31-16-32-34(27)9-2-10-35)18-5-3-17(4-6-18)15-33-7-1-8-33/h3-6,11-13,16,21,25,35H,1-2,7-10,14-15H2. The predicted molar refractivity (Wildman–Crippen MR) is 134 cm³/mol. The summed E-state index contributed by atoms with van der Waals surface area (Å²) in [5.74, 6) is -0.670. The molecule has 2 atom stereocenters. The molecule has 1 aromatic heterocycles. The molecule has 3 aliphatic heterocycles. The molecule has 1 saturated heterocycles. The van der Waals surface area contributed by atoms with Gasteiger partial charge in [-0.15, -0.1) is 0 Å². The third-order valence-electron chi connectivity index (χ3n) is 7.23. The number of likely N-dealkylation sites (tertiary alicyclic amines) is 1. The molecule has 184 valence electrons. The lowest BCUT2D eigenvalue weighted by molar-refractivity contribution is 0.0999. The van der Waals surface area contributed by atoms with Crippen molar-refractivity contribution >= 4 is 23.4 Å². The summed E-state index contributed by atoms with van der Waals surface area (Å²) in [6, 6.07) is 11.1. The number of hydrogen-bond acceptors (Lipinski definition) is 7. The molecule has 0 bridgehead atoms. The summed E-state index contributed by atoms with van der Waals surface area (Å²) < 4.78 is 16.2. The molecule has 2 unspecified atom stereocenters. The van der Waals surface area contributed by atoms with E-state index in [0.717, 1.165) is 25.2 Å². The number of carbonyl (C=O) groups excluding carboxylic acids is 1. The average Bonchev–Trinajstić information content (AvgIpc) is 3.25. The van der Waals surface area contributed by atoms with E-state index in [-0.39, 0.29) is 30.8 Å². The zero-order valence-corrected chi connectivity index (χ0v) is 19.8. The normalized spacial score (nSPS) is 21.1. The molecule has 0 radical (unpaired) electrons. The fourth-order valence-corrected chi connectivity index (χ4v) is 5.29. The van der Waals surface area contributed by atoms with Gasteiger partial charge in [-0.1, -0.05) is 24.3 Å². The average molecular weight is 487 g/mol. The van der Waals surface area contributed by atoms with Gasteiger partial charge in [-0.2, -0.15) is 5.10 Å². The smallest absolute Gasteiger partial charge is 0.185 e. The molecule has 1 fully saturated rings. The fourth-order valence-electron chi connectivity index (χ4n) is 5.29. The monoisotopic (exact) mass is 486 g/mol. The molecule has 9 heteroatoms. The Balaban J connectivity index is 1.47. The highest BCUT2D eigenvalue weighted by Gasteiger charge is 2.39. The van der Waals surface area contributed by atoms with Crippen molar-refractivity contribution in [1.29, 1.82) is 0 Å². The first-order valence-corrected chi connectivity index (χ1v) is 12.4. The van der Waals surface area contributed by atoms with Crippen molar-refractivity contribution in [3.8, 4) is 0 Å². The van der Waals surface area contributed by atoms with Crippen LogP contribution in [-0.2, 0) is 13.1 Å². The highest BCUT2D eigenvalue weighted by molar-refractivity contribution is 6.21. The maximum absolute atomic E-state index is 14.5. The molecule has 1 N–H and O–H groups in total. The molecule has 8 nitrogen and oxygen atoms in total. The Kier molecular flexibility index (Phi) is 6.02. The number of carbonyl (C=O) groups is 1. The van der Waals surface area contributed by atoms with Crippen molar-refractivity contribution in [1.82, 2.24) is 19.7 Å². The van der Waals surface area contributed by atoms with Gasteiger partial charge in [0.2, 0.25) is 0 Å². The fraction of sp³-hybridized carbons (Fsp3) is 0.370. The third-order valence-corrected chi connectivity index (χ3v) is 7.23. The molecule has 6 rings (SSSR count). The first kappa shape index (κ1) is 22.9. The number of aliphatic imine (C=N–C) groups is 2. The summed E-state index contributed by atoms with van der Waals surface area (Å²) in [7, 11) is 0. The molecule has 0 spiro atoms. The molecule has 0 saturated carbocycles. The van der Waals surface area contributed by atoms with Crippen LogP contribution in [0.1, 0.15) is 57.6 Å². The first-order chi connectivity index (χ1) is 17.6. The predicted octanol–water partition coefficient (Wildman–Crippen LogP) is 3.27. The van der Waals surface area contributed by atoms with E-state index in [1.54, 1.807) is 4.68 Å². The van der Waals surface area contributed by atoms with E-state index in [1.807, 2.05) is 6.21 Å².